The van der Waals surface area contributed by atoms with Crippen molar-refractivity contribution < 1.29 is 9.53 Å². The van der Waals surface area contributed by atoms with Gasteiger partial charge in [-0.1, -0.05) is 6.07 Å². The summed E-state index contributed by atoms with van der Waals surface area (Å²) in [5.41, 5.74) is 0.969. The number of carbonyl (C=O) groups excluding carboxylic acids is 1. The van der Waals surface area contributed by atoms with Gasteiger partial charge in [0.25, 0.3) is 5.91 Å². The number of benzene rings is 1. The molecule has 0 saturated carbocycles. The summed E-state index contributed by atoms with van der Waals surface area (Å²) < 4.78 is 7.53. The molecule has 1 unspecified atom stereocenters. The Kier molecular flexibility index (Phi) is 5.46. The molecule has 6 nitrogen and oxygen atoms in total. The van der Waals surface area contributed by atoms with Crippen LogP contribution in [-0.4, -0.2) is 28.7 Å². The van der Waals surface area contributed by atoms with Crippen LogP contribution in [0.3, 0.4) is 0 Å². The predicted molar refractivity (Wildman–Crippen MR) is 92.8 cm³/mol. The lowest BCUT2D eigenvalue weighted by molar-refractivity contribution is 0.0498. The van der Waals surface area contributed by atoms with Gasteiger partial charge in [-0.15, -0.1) is 0 Å². The zero-order valence-corrected chi connectivity index (χ0v) is 14.3. The summed E-state index contributed by atoms with van der Waals surface area (Å²) in [5, 5.41) is 12.2. The lowest BCUT2D eigenvalue weighted by Gasteiger charge is -2.31. The molecule has 0 spiro atoms. The minimum Gasteiger partial charge on any atom is -0.381 e. The zero-order valence-electron chi connectivity index (χ0n) is 14.3. The first kappa shape index (κ1) is 17.2. The number of amides is 1. The van der Waals surface area contributed by atoms with Gasteiger partial charge in [0.1, 0.15) is 5.82 Å². The summed E-state index contributed by atoms with van der Waals surface area (Å²) in [6, 6.07) is 8.66. The van der Waals surface area contributed by atoms with Crippen LogP contribution >= 0.6 is 0 Å². The average Bonchev–Trinajstić information content (AvgIpc) is 3.15. The molecule has 0 bridgehead atoms. The quantitative estimate of drug-likeness (QED) is 0.909. The second-order valence-corrected chi connectivity index (χ2v) is 6.16. The molecule has 1 aromatic heterocycles. The molecule has 6 heteroatoms. The number of nitrogens with one attached hydrogen (secondary N) is 1. The zero-order chi connectivity index (χ0) is 17.6. The van der Waals surface area contributed by atoms with Crippen molar-refractivity contribution in [2.75, 3.05) is 13.2 Å². The number of nitrogens with zero attached hydrogens (tertiary/aromatic N) is 3. The maximum Gasteiger partial charge on any atom is 0.251 e. The number of carbonyl (C=O) groups is 1. The van der Waals surface area contributed by atoms with Crippen LogP contribution < -0.4 is 5.32 Å². The highest BCUT2D eigenvalue weighted by atomic mass is 16.5. The maximum absolute atomic E-state index is 12.8. The average molecular weight is 338 g/mol. The van der Waals surface area contributed by atoms with Gasteiger partial charge in [0.2, 0.25) is 0 Å². The largest absolute Gasteiger partial charge is 0.381 e. The molecule has 3 rings (SSSR count). The Balaban J connectivity index is 1.86. The molecule has 1 aliphatic rings. The van der Waals surface area contributed by atoms with Crippen LogP contribution in [0.15, 0.2) is 36.7 Å². The van der Waals surface area contributed by atoms with E-state index in [0.29, 0.717) is 24.3 Å². The molecular formula is C19H22N4O2. The van der Waals surface area contributed by atoms with Crippen LogP contribution in [0.5, 0.6) is 0 Å². The van der Waals surface area contributed by atoms with Crippen LogP contribution in [0.25, 0.3) is 0 Å². The Labute approximate surface area is 147 Å². The van der Waals surface area contributed by atoms with Crippen LogP contribution in [-0.2, 0) is 11.3 Å². The molecule has 1 N–H and O–H groups in total. The van der Waals surface area contributed by atoms with Crippen molar-refractivity contribution in [3.8, 4) is 6.07 Å². The molecule has 1 amide bonds. The molecule has 2 aromatic rings. The van der Waals surface area contributed by atoms with Crippen LogP contribution in [0.1, 0.15) is 47.6 Å². The van der Waals surface area contributed by atoms with Gasteiger partial charge < -0.3 is 14.6 Å². The van der Waals surface area contributed by atoms with E-state index in [1.807, 2.05) is 6.20 Å². The fourth-order valence-electron chi connectivity index (χ4n) is 3.26. The molecule has 1 fully saturated rings. The smallest absolute Gasteiger partial charge is 0.251 e. The highest BCUT2D eigenvalue weighted by Gasteiger charge is 2.30. The second-order valence-electron chi connectivity index (χ2n) is 6.16. The van der Waals surface area contributed by atoms with Gasteiger partial charge in [0.05, 0.1) is 17.7 Å². The van der Waals surface area contributed by atoms with Crippen molar-refractivity contribution in [2.45, 2.75) is 32.4 Å². The van der Waals surface area contributed by atoms with Crippen LogP contribution in [0, 0.1) is 17.2 Å². The summed E-state index contributed by atoms with van der Waals surface area (Å²) >= 11 is 0. The number of ether oxygens (including phenoxy) is 1. The third-order valence-corrected chi connectivity index (χ3v) is 4.64. The fraction of sp³-hybridized carbons (Fsp3) is 0.421. The van der Waals surface area contributed by atoms with Gasteiger partial charge >= 0.3 is 0 Å². The Morgan fingerprint density at radius 3 is 3.00 bits per heavy atom. The number of hydrogen-bond donors (Lipinski definition) is 1. The molecule has 0 radical (unpaired) electrons. The van der Waals surface area contributed by atoms with Crippen molar-refractivity contribution in [3.63, 3.8) is 0 Å². The molecule has 1 atom stereocenters. The summed E-state index contributed by atoms with van der Waals surface area (Å²) in [6.07, 6.45) is 5.48. The summed E-state index contributed by atoms with van der Waals surface area (Å²) in [6.45, 7) is 4.26. The van der Waals surface area contributed by atoms with E-state index < -0.39 is 0 Å². The van der Waals surface area contributed by atoms with E-state index in [1.54, 1.807) is 30.5 Å². The van der Waals surface area contributed by atoms with E-state index in [1.165, 1.54) is 0 Å². The number of hydrogen-bond acceptors (Lipinski definition) is 4. The summed E-state index contributed by atoms with van der Waals surface area (Å²) in [5.74, 6) is 0.975. The Morgan fingerprint density at radius 2 is 2.28 bits per heavy atom. The maximum atomic E-state index is 12.8. The first-order valence-electron chi connectivity index (χ1n) is 8.62. The Morgan fingerprint density at radius 1 is 1.48 bits per heavy atom. The first-order valence-corrected chi connectivity index (χ1v) is 8.62. The van der Waals surface area contributed by atoms with Crippen molar-refractivity contribution in [3.05, 3.63) is 53.6 Å². The second kappa shape index (κ2) is 7.95. The van der Waals surface area contributed by atoms with E-state index in [4.69, 9.17) is 10.00 Å². The number of aromatic nitrogens is 2. The highest BCUT2D eigenvalue weighted by molar-refractivity contribution is 5.94. The third kappa shape index (κ3) is 3.89. The van der Waals surface area contributed by atoms with Gasteiger partial charge in [-0.2, -0.15) is 5.26 Å². The molecule has 1 aliphatic heterocycles. The van der Waals surface area contributed by atoms with Gasteiger partial charge in [-0.05, 0) is 43.9 Å². The topological polar surface area (TPSA) is 79.9 Å². The van der Waals surface area contributed by atoms with Gasteiger partial charge in [0, 0.05) is 37.7 Å². The van der Waals surface area contributed by atoms with Crippen molar-refractivity contribution in [1.82, 2.24) is 14.9 Å². The fourth-order valence-corrected chi connectivity index (χ4v) is 3.26. The molecule has 2 heterocycles. The SMILES string of the molecule is CCn1ccnc1C(NC(=O)c1cccc(C#N)c1)C1CCOCC1. The lowest BCUT2D eigenvalue weighted by atomic mass is 9.90. The number of imidazole rings is 1. The predicted octanol–water partition coefficient (Wildman–Crippen LogP) is 2.67. The molecule has 1 saturated heterocycles. The number of rotatable bonds is 5. The van der Waals surface area contributed by atoms with Gasteiger partial charge in [0.15, 0.2) is 0 Å². The molecule has 1 aromatic carbocycles. The molecule has 130 valence electrons. The van der Waals surface area contributed by atoms with Crippen molar-refractivity contribution >= 4 is 5.91 Å². The Hall–Kier alpha value is -2.65. The van der Waals surface area contributed by atoms with Gasteiger partial charge in [-0.3, -0.25) is 4.79 Å². The normalized spacial score (nSPS) is 16.2. The molecule has 0 aliphatic carbocycles. The van der Waals surface area contributed by atoms with E-state index >= 15 is 0 Å². The monoisotopic (exact) mass is 338 g/mol. The van der Waals surface area contributed by atoms with E-state index in [9.17, 15) is 4.79 Å². The first-order chi connectivity index (χ1) is 12.2. The summed E-state index contributed by atoms with van der Waals surface area (Å²) in [7, 11) is 0. The van der Waals surface area contributed by atoms with E-state index in [2.05, 4.69) is 27.9 Å². The van der Waals surface area contributed by atoms with Crippen molar-refractivity contribution in [1.29, 1.82) is 5.26 Å². The van der Waals surface area contributed by atoms with Gasteiger partial charge in [-0.25, -0.2) is 4.98 Å². The van der Waals surface area contributed by atoms with E-state index in [0.717, 1.165) is 25.2 Å². The minimum atomic E-state index is -0.181. The Bertz CT molecular complexity index is 772. The number of nitriles is 1. The van der Waals surface area contributed by atoms with E-state index in [-0.39, 0.29) is 17.9 Å². The molecule has 25 heavy (non-hydrogen) atoms. The summed E-state index contributed by atoms with van der Waals surface area (Å²) in [4.78, 5) is 17.3. The van der Waals surface area contributed by atoms with Crippen LogP contribution in [0.2, 0.25) is 0 Å². The van der Waals surface area contributed by atoms with Crippen molar-refractivity contribution in [2.24, 2.45) is 5.92 Å². The molecular weight excluding hydrogens is 316 g/mol. The minimum absolute atomic E-state index is 0.169. The highest BCUT2D eigenvalue weighted by Crippen LogP contribution is 2.29. The third-order valence-electron chi connectivity index (χ3n) is 4.64. The number of aryl methyl sites for hydroxylation is 1. The van der Waals surface area contributed by atoms with Crippen LogP contribution in [0.4, 0.5) is 0 Å². The standard InChI is InChI=1S/C19H22N4O2/c1-2-23-9-8-21-18(23)17(15-6-10-25-11-7-15)22-19(24)16-5-3-4-14(12-16)13-20/h3-5,8-9,12,15,17H,2,6-7,10-11H2,1H3,(H,22,24). The lowest BCUT2D eigenvalue weighted by Crippen LogP contribution is -2.37.